The molecule has 1 aliphatic heterocycles. The van der Waals surface area contributed by atoms with Crippen LogP contribution in [0.5, 0.6) is 0 Å². The van der Waals surface area contributed by atoms with Gasteiger partial charge in [0.15, 0.2) is 0 Å². The molecule has 1 heterocycles. The first-order chi connectivity index (χ1) is 8.72. The number of hydrogen-bond acceptors (Lipinski definition) is 1. The minimum atomic E-state index is -0.242. The van der Waals surface area contributed by atoms with Crippen molar-refractivity contribution in [2.75, 3.05) is 13.1 Å². The molecule has 0 saturated carbocycles. The average molecular weight is 250 g/mol. The van der Waals surface area contributed by atoms with E-state index in [1.807, 2.05) is 17.9 Å². The SMILES string of the molecule is CCCNC(=O)N1CCC[C@H]1c1cccc(F)c1. The number of nitrogens with zero attached hydrogens (tertiary/aromatic N) is 1. The fraction of sp³-hybridized carbons (Fsp3) is 0.500. The summed E-state index contributed by atoms with van der Waals surface area (Å²) in [6.07, 6.45) is 2.80. The van der Waals surface area contributed by atoms with E-state index in [2.05, 4.69) is 5.32 Å². The van der Waals surface area contributed by atoms with Gasteiger partial charge in [0, 0.05) is 13.1 Å². The number of likely N-dealkylation sites (tertiary alicyclic amines) is 1. The van der Waals surface area contributed by atoms with Gasteiger partial charge in [-0.3, -0.25) is 0 Å². The zero-order chi connectivity index (χ0) is 13.0. The maximum Gasteiger partial charge on any atom is 0.317 e. The second-order valence-corrected chi connectivity index (χ2v) is 4.64. The van der Waals surface area contributed by atoms with E-state index < -0.39 is 0 Å². The largest absolute Gasteiger partial charge is 0.338 e. The molecule has 2 amide bonds. The fourth-order valence-corrected chi connectivity index (χ4v) is 2.40. The molecule has 1 N–H and O–H groups in total. The molecule has 98 valence electrons. The highest BCUT2D eigenvalue weighted by Gasteiger charge is 2.29. The Bertz CT molecular complexity index is 422. The minimum absolute atomic E-state index is 0.0116. The van der Waals surface area contributed by atoms with Crippen LogP contribution >= 0.6 is 0 Å². The van der Waals surface area contributed by atoms with E-state index in [-0.39, 0.29) is 17.9 Å². The lowest BCUT2D eigenvalue weighted by Gasteiger charge is -2.25. The lowest BCUT2D eigenvalue weighted by molar-refractivity contribution is 0.193. The minimum Gasteiger partial charge on any atom is -0.338 e. The Morgan fingerprint density at radius 2 is 2.39 bits per heavy atom. The number of carbonyl (C=O) groups excluding carboxylic acids is 1. The lowest BCUT2D eigenvalue weighted by Crippen LogP contribution is -2.39. The Kier molecular flexibility index (Phi) is 4.18. The molecule has 0 spiro atoms. The van der Waals surface area contributed by atoms with E-state index >= 15 is 0 Å². The van der Waals surface area contributed by atoms with Crippen LogP contribution in [0, 0.1) is 5.82 Å². The Labute approximate surface area is 107 Å². The van der Waals surface area contributed by atoms with Gasteiger partial charge < -0.3 is 10.2 Å². The van der Waals surface area contributed by atoms with E-state index in [4.69, 9.17) is 0 Å². The molecule has 0 aromatic heterocycles. The van der Waals surface area contributed by atoms with Crippen LogP contribution in [0.1, 0.15) is 37.8 Å². The predicted molar refractivity (Wildman–Crippen MR) is 68.8 cm³/mol. The topological polar surface area (TPSA) is 32.3 Å². The maximum atomic E-state index is 13.2. The molecular formula is C14H19FN2O. The van der Waals surface area contributed by atoms with Crippen molar-refractivity contribution in [1.82, 2.24) is 10.2 Å². The molecule has 0 aliphatic carbocycles. The van der Waals surface area contributed by atoms with E-state index in [0.29, 0.717) is 6.54 Å². The van der Waals surface area contributed by atoms with Crippen molar-refractivity contribution < 1.29 is 9.18 Å². The molecule has 1 atom stereocenters. The molecule has 1 aromatic rings. The molecule has 0 unspecified atom stereocenters. The molecule has 3 nitrogen and oxygen atoms in total. The summed E-state index contributed by atoms with van der Waals surface area (Å²) in [6.45, 7) is 3.45. The number of rotatable bonds is 3. The predicted octanol–water partition coefficient (Wildman–Crippen LogP) is 3.08. The van der Waals surface area contributed by atoms with Gasteiger partial charge in [-0.05, 0) is 37.0 Å². The quantitative estimate of drug-likeness (QED) is 0.878. The van der Waals surface area contributed by atoms with Crippen LogP contribution in [0.4, 0.5) is 9.18 Å². The van der Waals surface area contributed by atoms with Crippen molar-refractivity contribution >= 4 is 6.03 Å². The van der Waals surface area contributed by atoms with Crippen LogP contribution < -0.4 is 5.32 Å². The highest BCUT2D eigenvalue weighted by atomic mass is 19.1. The van der Waals surface area contributed by atoms with E-state index in [0.717, 1.165) is 31.4 Å². The highest BCUT2D eigenvalue weighted by Crippen LogP contribution is 2.31. The summed E-state index contributed by atoms with van der Waals surface area (Å²) >= 11 is 0. The fourth-order valence-electron chi connectivity index (χ4n) is 2.40. The summed E-state index contributed by atoms with van der Waals surface area (Å²) in [5, 5.41) is 2.88. The van der Waals surface area contributed by atoms with Crippen molar-refractivity contribution in [3.63, 3.8) is 0 Å². The Balaban J connectivity index is 2.10. The molecular weight excluding hydrogens is 231 g/mol. The number of urea groups is 1. The number of amides is 2. The van der Waals surface area contributed by atoms with Gasteiger partial charge in [-0.25, -0.2) is 9.18 Å². The van der Waals surface area contributed by atoms with Crippen molar-refractivity contribution in [2.45, 2.75) is 32.2 Å². The van der Waals surface area contributed by atoms with Gasteiger partial charge in [0.05, 0.1) is 6.04 Å². The molecule has 2 rings (SSSR count). The average Bonchev–Trinajstić information content (AvgIpc) is 2.85. The summed E-state index contributed by atoms with van der Waals surface area (Å²) in [5.74, 6) is -0.242. The zero-order valence-corrected chi connectivity index (χ0v) is 10.7. The zero-order valence-electron chi connectivity index (χ0n) is 10.7. The molecule has 1 aromatic carbocycles. The summed E-state index contributed by atoms with van der Waals surface area (Å²) < 4.78 is 13.2. The van der Waals surface area contributed by atoms with Gasteiger partial charge in [0.2, 0.25) is 0 Å². The van der Waals surface area contributed by atoms with Gasteiger partial charge in [0.1, 0.15) is 5.82 Å². The standard InChI is InChI=1S/C14H19FN2O/c1-2-8-16-14(18)17-9-4-7-13(17)11-5-3-6-12(15)10-11/h3,5-6,10,13H,2,4,7-9H2,1H3,(H,16,18)/t13-/m0/s1. The monoisotopic (exact) mass is 250 g/mol. The molecule has 0 radical (unpaired) electrons. The number of carbonyl (C=O) groups is 1. The maximum absolute atomic E-state index is 13.2. The summed E-state index contributed by atoms with van der Waals surface area (Å²) in [6, 6.07) is 6.52. The van der Waals surface area contributed by atoms with Gasteiger partial charge in [-0.15, -0.1) is 0 Å². The van der Waals surface area contributed by atoms with Gasteiger partial charge >= 0.3 is 6.03 Å². The highest BCUT2D eigenvalue weighted by molar-refractivity contribution is 5.75. The van der Waals surface area contributed by atoms with Crippen molar-refractivity contribution in [3.8, 4) is 0 Å². The van der Waals surface area contributed by atoms with Gasteiger partial charge in [0.25, 0.3) is 0 Å². The van der Waals surface area contributed by atoms with Crippen molar-refractivity contribution in [3.05, 3.63) is 35.6 Å². The number of halogens is 1. The first kappa shape index (κ1) is 12.9. The molecule has 1 fully saturated rings. The van der Waals surface area contributed by atoms with Crippen LogP contribution in [0.2, 0.25) is 0 Å². The Morgan fingerprint density at radius 1 is 1.56 bits per heavy atom. The molecule has 1 aliphatic rings. The molecule has 0 bridgehead atoms. The van der Waals surface area contributed by atoms with Crippen molar-refractivity contribution in [2.24, 2.45) is 0 Å². The smallest absolute Gasteiger partial charge is 0.317 e. The van der Waals surface area contributed by atoms with Crippen LogP contribution in [0.3, 0.4) is 0 Å². The molecule has 1 saturated heterocycles. The third kappa shape index (κ3) is 2.81. The number of hydrogen-bond donors (Lipinski definition) is 1. The summed E-state index contributed by atoms with van der Waals surface area (Å²) in [5.41, 5.74) is 0.888. The van der Waals surface area contributed by atoms with Gasteiger partial charge in [-0.2, -0.15) is 0 Å². The summed E-state index contributed by atoms with van der Waals surface area (Å²) in [7, 11) is 0. The third-order valence-corrected chi connectivity index (χ3v) is 3.27. The van der Waals surface area contributed by atoms with E-state index in [9.17, 15) is 9.18 Å². The normalized spacial score (nSPS) is 19.0. The summed E-state index contributed by atoms with van der Waals surface area (Å²) in [4.78, 5) is 13.8. The second-order valence-electron chi connectivity index (χ2n) is 4.64. The van der Waals surface area contributed by atoms with E-state index in [1.54, 1.807) is 6.07 Å². The van der Waals surface area contributed by atoms with Crippen LogP contribution in [0.25, 0.3) is 0 Å². The molecule has 18 heavy (non-hydrogen) atoms. The first-order valence-electron chi connectivity index (χ1n) is 6.52. The molecule has 4 heteroatoms. The lowest BCUT2D eigenvalue weighted by atomic mass is 10.0. The Morgan fingerprint density at radius 3 is 3.11 bits per heavy atom. The first-order valence-corrected chi connectivity index (χ1v) is 6.52. The Hall–Kier alpha value is -1.58. The van der Waals surface area contributed by atoms with Crippen molar-refractivity contribution in [1.29, 1.82) is 0 Å². The van der Waals surface area contributed by atoms with Crippen LogP contribution in [-0.2, 0) is 0 Å². The van der Waals surface area contributed by atoms with E-state index in [1.165, 1.54) is 12.1 Å². The van der Waals surface area contributed by atoms with Crippen LogP contribution in [0.15, 0.2) is 24.3 Å². The third-order valence-electron chi connectivity index (χ3n) is 3.27. The van der Waals surface area contributed by atoms with Crippen LogP contribution in [-0.4, -0.2) is 24.0 Å². The number of nitrogens with one attached hydrogen (secondary N) is 1. The number of benzene rings is 1. The van der Waals surface area contributed by atoms with Gasteiger partial charge in [-0.1, -0.05) is 19.1 Å². The second kappa shape index (κ2) is 5.85.